The zero-order valence-electron chi connectivity index (χ0n) is 17.3. The van der Waals surface area contributed by atoms with Gasteiger partial charge in [0.1, 0.15) is 4.34 Å². The molecular formula is C21H24Cl3N3O2S2. The fourth-order valence-electron chi connectivity index (χ4n) is 3.67. The van der Waals surface area contributed by atoms with Gasteiger partial charge >= 0.3 is 0 Å². The first kappa shape index (κ1) is 24.7. The molecule has 2 aromatic heterocycles. The lowest BCUT2D eigenvalue weighted by Crippen LogP contribution is -2.39. The Morgan fingerprint density at radius 1 is 1.19 bits per heavy atom. The van der Waals surface area contributed by atoms with Gasteiger partial charge in [-0.05, 0) is 43.5 Å². The molecule has 4 rings (SSSR count). The standard InChI is InChI=1S/C21H23Cl2N3O2S2.ClH/c1-13-10-14(2)18-16(11-13)24-21(30-18)26(5-3-4-25-6-8-28-9-7-25)20(27)15-12-17(22)29-19(15)23;/h10-12H,3-9H2,1-2H3;1H. The van der Waals surface area contributed by atoms with E-state index in [1.165, 1.54) is 16.9 Å². The summed E-state index contributed by atoms with van der Waals surface area (Å²) in [5, 5.41) is 0.698. The Labute approximate surface area is 206 Å². The van der Waals surface area contributed by atoms with Gasteiger partial charge in [0.2, 0.25) is 0 Å². The topological polar surface area (TPSA) is 45.7 Å². The summed E-state index contributed by atoms with van der Waals surface area (Å²) in [6, 6.07) is 5.85. The maximum Gasteiger partial charge on any atom is 0.262 e. The molecule has 3 heterocycles. The second kappa shape index (κ2) is 10.8. The quantitative estimate of drug-likeness (QED) is 0.395. The van der Waals surface area contributed by atoms with Gasteiger partial charge in [0.05, 0.1) is 33.3 Å². The van der Waals surface area contributed by atoms with Crippen LogP contribution in [0, 0.1) is 13.8 Å². The van der Waals surface area contributed by atoms with E-state index in [0.717, 1.165) is 55.0 Å². The maximum absolute atomic E-state index is 13.4. The molecule has 10 heteroatoms. The van der Waals surface area contributed by atoms with Crippen LogP contribution in [0.4, 0.5) is 5.13 Å². The van der Waals surface area contributed by atoms with Crippen LogP contribution >= 0.6 is 58.3 Å². The number of rotatable bonds is 6. The molecule has 31 heavy (non-hydrogen) atoms. The highest BCUT2D eigenvalue weighted by Gasteiger charge is 2.25. The molecule has 1 saturated heterocycles. The smallest absolute Gasteiger partial charge is 0.262 e. The lowest BCUT2D eigenvalue weighted by atomic mass is 10.1. The molecule has 0 unspecified atom stereocenters. The van der Waals surface area contributed by atoms with Crippen molar-refractivity contribution in [3.63, 3.8) is 0 Å². The third-order valence-corrected chi connectivity index (χ3v) is 7.85. The van der Waals surface area contributed by atoms with Crippen molar-refractivity contribution in [1.82, 2.24) is 9.88 Å². The van der Waals surface area contributed by atoms with Crippen LogP contribution in [0.1, 0.15) is 27.9 Å². The average Bonchev–Trinajstić information content (AvgIpc) is 3.28. The van der Waals surface area contributed by atoms with Crippen molar-refractivity contribution in [2.45, 2.75) is 20.3 Å². The van der Waals surface area contributed by atoms with E-state index in [2.05, 4.69) is 30.9 Å². The van der Waals surface area contributed by atoms with Gasteiger partial charge < -0.3 is 4.74 Å². The Morgan fingerprint density at radius 2 is 1.94 bits per heavy atom. The number of hydrogen-bond acceptors (Lipinski definition) is 6. The van der Waals surface area contributed by atoms with E-state index < -0.39 is 0 Å². The second-order valence-electron chi connectivity index (χ2n) is 7.43. The molecule has 0 N–H and O–H groups in total. The molecule has 0 spiro atoms. The number of morpholine rings is 1. The average molecular weight is 521 g/mol. The summed E-state index contributed by atoms with van der Waals surface area (Å²) in [5.74, 6) is -0.154. The van der Waals surface area contributed by atoms with E-state index in [4.69, 9.17) is 32.9 Å². The Kier molecular flexibility index (Phi) is 8.60. The van der Waals surface area contributed by atoms with Gasteiger partial charge in [-0.1, -0.05) is 40.6 Å². The van der Waals surface area contributed by atoms with Crippen molar-refractivity contribution in [2.75, 3.05) is 44.3 Å². The van der Waals surface area contributed by atoms with E-state index in [1.54, 1.807) is 22.3 Å². The van der Waals surface area contributed by atoms with Crippen LogP contribution in [-0.2, 0) is 4.74 Å². The van der Waals surface area contributed by atoms with Crippen LogP contribution in [0.25, 0.3) is 10.2 Å². The summed E-state index contributed by atoms with van der Waals surface area (Å²) in [7, 11) is 0. The number of thiophene rings is 1. The molecular weight excluding hydrogens is 497 g/mol. The summed E-state index contributed by atoms with van der Waals surface area (Å²) in [6.45, 7) is 9.01. The highest BCUT2D eigenvalue weighted by molar-refractivity contribution is 7.22. The van der Waals surface area contributed by atoms with E-state index >= 15 is 0 Å². The minimum absolute atomic E-state index is 0. The molecule has 1 fully saturated rings. The minimum atomic E-state index is -0.154. The normalized spacial score (nSPS) is 14.6. The first-order valence-corrected chi connectivity index (χ1v) is 12.3. The minimum Gasteiger partial charge on any atom is -0.379 e. The molecule has 0 atom stereocenters. The number of carbonyl (C=O) groups excluding carboxylic acids is 1. The molecule has 1 aromatic carbocycles. The van der Waals surface area contributed by atoms with Crippen molar-refractivity contribution >= 4 is 79.5 Å². The lowest BCUT2D eigenvalue weighted by molar-refractivity contribution is 0.0376. The molecule has 1 amide bonds. The highest BCUT2D eigenvalue weighted by Crippen LogP contribution is 2.36. The number of halogens is 3. The summed E-state index contributed by atoms with van der Waals surface area (Å²) in [5.41, 5.74) is 3.69. The van der Waals surface area contributed by atoms with Crippen molar-refractivity contribution in [2.24, 2.45) is 0 Å². The van der Waals surface area contributed by atoms with Crippen molar-refractivity contribution in [3.05, 3.63) is 43.6 Å². The summed E-state index contributed by atoms with van der Waals surface area (Å²) >= 11 is 15.2. The van der Waals surface area contributed by atoms with Crippen LogP contribution < -0.4 is 4.90 Å². The van der Waals surface area contributed by atoms with Gasteiger partial charge in [-0.2, -0.15) is 0 Å². The third-order valence-electron chi connectivity index (χ3n) is 5.13. The van der Waals surface area contributed by atoms with Crippen molar-refractivity contribution in [1.29, 1.82) is 0 Å². The maximum atomic E-state index is 13.4. The number of aryl methyl sites for hydroxylation is 2. The third kappa shape index (κ3) is 5.71. The molecule has 0 aliphatic carbocycles. The predicted octanol–water partition coefficient (Wildman–Crippen LogP) is 6.07. The lowest BCUT2D eigenvalue weighted by Gasteiger charge is -2.27. The van der Waals surface area contributed by atoms with Crippen molar-refractivity contribution in [3.8, 4) is 0 Å². The van der Waals surface area contributed by atoms with Gasteiger partial charge in [-0.3, -0.25) is 14.6 Å². The van der Waals surface area contributed by atoms with Crippen LogP contribution in [0.5, 0.6) is 0 Å². The SMILES string of the molecule is Cc1cc(C)c2sc(N(CCCN3CCOCC3)C(=O)c3cc(Cl)sc3Cl)nc2c1.Cl. The largest absolute Gasteiger partial charge is 0.379 e. The molecule has 0 radical (unpaired) electrons. The zero-order chi connectivity index (χ0) is 21.3. The molecule has 5 nitrogen and oxygen atoms in total. The molecule has 3 aromatic rings. The zero-order valence-corrected chi connectivity index (χ0v) is 21.3. The van der Waals surface area contributed by atoms with Gasteiger partial charge in [-0.15, -0.1) is 23.7 Å². The Morgan fingerprint density at radius 3 is 2.61 bits per heavy atom. The number of carbonyl (C=O) groups is 1. The first-order valence-electron chi connectivity index (χ1n) is 9.87. The van der Waals surface area contributed by atoms with E-state index in [9.17, 15) is 4.79 Å². The number of amides is 1. The Balaban J connectivity index is 0.00000272. The van der Waals surface area contributed by atoms with Gasteiger partial charge in [0.25, 0.3) is 5.91 Å². The number of ether oxygens (including phenoxy) is 1. The number of hydrogen-bond donors (Lipinski definition) is 0. The van der Waals surface area contributed by atoms with Crippen LogP contribution in [0.2, 0.25) is 8.67 Å². The van der Waals surface area contributed by atoms with Crippen molar-refractivity contribution < 1.29 is 9.53 Å². The fraction of sp³-hybridized carbons (Fsp3) is 0.429. The highest BCUT2D eigenvalue weighted by atomic mass is 35.5. The summed E-state index contributed by atoms with van der Waals surface area (Å²) < 4.78 is 7.45. The number of thiazole rings is 1. The van der Waals surface area contributed by atoms with Gasteiger partial charge in [0, 0.05) is 26.2 Å². The first-order chi connectivity index (χ1) is 14.4. The fourth-order valence-corrected chi connectivity index (χ4v) is 6.16. The number of nitrogens with zero attached hydrogens (tertiary/aromatic N) is 3. The predicted molar refractivity (Wildman–Crippen MR) is 134 cm³/mol. The van der Waals surface area contributed by atoms with E-state index in [1.807, 2.05) is 0 Å². The van der Waals surface area contributed by atoms with Crippen LogP contribution in [0.3, 0.4) is 0 Å². The molecule has 1 aliphatic heterocycles. The Bertz CT molecular complexity index is 1060. The molecule has 168 valence electrons. The summed E-state index contributed by atoms with van der Waals surface area (Å²) in [4.78, 5) is 22.3. The second-order valence-corrected chi connectivity index (χ2v) is 10.7. The van der Waals surface area contributed by atoms with E-state index in [0.29, 0.717) is 25.9 Å². The molecule has 1 aliphatic rings. The van der Waals surface area contributed by atoms with E-state index in [-0.39, 0.29) is 18.3 Å². The summed E-state index contributed by atoms with van der Waals surface area (Å²) in [6.07, 6.45) is 0.842. The molecule has 0 saturated carbocycles. The number of anilines is 1. The van der Waals surface area contributed by atoms with Gasteiger partial charge in [0.15, 0.2) is 5.13 Å². The Hall–Kier alpha value is -0.930. The molecule has 0 bridgehead atoms. The van der Waals surface area contributed by atoms with Crippen LogP contribution in [-0.4, -0.2) is 55.2 Å². The van der Waals surface area contributed by atoms with Crippen LogP contribution in [0.15, 0.2) is 18.2 Å². The number of aromatic nitrogens is 1. The number of benzene rings is 1. The monoisotopic (exact) mass is 519 g/mol. The van der Waals surface area contributed by atoms with Gasteiger partial charge in [-0.25, -0.2) is 4.98 Å². The number of fused-ring (bicyclic) bond motifs is 1.